The monoisotopic (exact) mass is 337 g/mol. The fraction of sp³-hybridized carbons (Fsp3) is 0.286. The first-order valence-corrected chi connectivity index (χ1v) is 6.90. The predicted octanol–water partition coefficient (Wildman–Crippen LogP) is 3.56. The Morgan fingerprint density at radius 1 is 1.50 bits per heavy atom. The Hall–Kier alpha value is -1.87. The third-order valence-corrected chi connectivity index (χ3v) is 3.92. The van der Waals surface area contributed by atoms with Gasteiger partial charge < -0.3 is 4.74 Å². The molecule has 2 rings (SSSR count). The molecule has 2 aromatic rings. The van der Waals surface area contributed by atoms with Crippen LogP contribution in [0.3, 0.4) is 0 Å². The Kier molecular flexibility index (Phi) is 4.40. The minimum absolute atomic E-state index is 0.00738. The maximum atomic E-state index is 13.5. The van der Waals surface area contributed by atoms with Gasteiger partial charge in [-0.2, -0.15) is 10.4 Å². The second-order valence-electron chi connectivity index (χ2n) is 4.20. The lowest BCUT2D eigenvalue weighted by atomic mass is 10.2. The SMILES string of the molecule is CCn1nc(C)c(Br)c1COc1ccc(C#N)c(F)c1. The van der Waals surface area contributed by atoms with Gasteiger partial charge in [-0.15, -0.1) is 0 Å². The summed E-state index contributed by atoms with van der Waals surface area (Å²) in [6, 6.07) is 5.97. The molecule has 0 fully saturated rings. The van der Waals surface area contributed by atoms with Crippen molar-refractivity contribution < 1.29 is 9.13 Å². The lowest BCUT2D eigenvalue weighted by Gasteiger charge is -2.08. The van der Waals surface area contributed by atoms with E-state index in [1.54, 1.807) is 12.1 Å². The fourth-order valence-electron chi connectivity index (χ4n) is 1.83. The molecule has 1 heterocycles. The van der Waals surface area contributed by atoms with Gasteiger partial charge in [0, 0.05) is 12.6 Å². The number of benzene rings is 1. The first kappa shape index (κ1) is 14.5. The molecule has 0 aliphatic heterocycles. The van der Waals surface area contributed by atoms with E-state index in [0.717, 1.165) is 22.4 Å². The van der Waals surface area contributed by atoms with E-state index >= 15 is 0 Å². The number of hydrogen-bond acceptors (Lipinski definition) is 3. The first-order chi connectivity index (χ1) is 9.56. The molecule has 4 nitrogen and oxygen atoms in total. The molecule has 20 heavy (non-hydrogen) atoms. The molecule has 0 N–H and O–H groups in total. The van der Waals surface area contributed by atoms with Crippen molar-refractivity contribution in [2.75, 3.05) is 0 Å². The molecule has 104 valence electrons. The van der Waals surface area contributed by atoms with Crippen molar-refractivity contribution in [1.29, 1.82) is 5.26 Å². The molecule has 0 amide bonds. The van der Waals surface area contributed by atoms with Gasteiger partial charge in [0.2, 0.25) is 0 Å². The number of rotatable bonds is 4. The van der Waals surface area contributed by atoms with Crippen LogP contribution >= 0.6 is 15.9 Å². The molecule has 0 saturated carbocycles. The normalized spacial score (nSPS) is 10.3. The summed E-state index contributed by atoms with van der Waals surface area (Å²) in [6.45, 7) is 4.90. The van der Waals surface area contributed by atoms with E-state index in [4.69, 9.17) is 10.00 Å². The molecule has 0 unspecified atom stereocenters. The zero-order valence-corrected chi connectivity index (χ0v) is 12.7. The van der Waals surface area contributed by atoms with Crippen LogP contribution in [0.4, 0.5) is 4.39 Å². The third-order valence-electron chi connectivity index (χ3n) is 2.89. The molecule has 1 aromatic carbocycles. The van der Waals surface area contributed by atoms with Crippen molar-refractivity contribution in [3.05, 3.63) is 45.4 Å². The Balaban J connectivity index is 2.17. The van der Waals surface area contributed by atoms with Crippen LogP contribution < -0.4 is 4.74 Å². The van der Waals surface area contributed by atoms with Crippen molar-refractivity contribution in [3.8, 4) is 11.8 Å². The van der Waals surface area contributed by atoms with Gasteiger partial charge in [0.1, 0.15) is 24.2 Å². The number of aromatic nitrogens is 2. The minimum Gasteiger partial charge on any atom is -0.487 e. The Morgan fingerprint density at radius 2 is 2.25 bits per heavy atom. The summed E-state index contributed by atoms with van der Waals surface area (Å²) in [5.41, 5.74) is 1.79. The van der Waals surface area contributed by atoms with Crippen LogP contribution in [0.2, 0.25) is 0 Å². The number of nitriles is 1. The van der Waals surface area contributed by atoms with Crippen LogP contribution in [0, 0.1) is 24.1 Å². The van der Waals surface area contributed by atoms with Gasteiger partial charge in [0.05, 0.1) is 21.4 Å². The summed E-state index contributed by atoms with van der Waals surface area (Å²) >= 11 is 3.47. The van der Waals surface area contributed by atoms with Crippen molar-refractivity contribution in [3.63, 3.8) is 0 Å². The average Bonchev–Trinajstić information content (AvgIpc) is 2.72. The van der Waals surface area contributed by atoms with Crippen LogP contribution in [0.15, 0.2) is 22.7 Å². The summed E-state index contributed by atoms with van der Waals surface area (Å²) < 4.78 is 21.8. The van der Waals surface area contributed by atoms with Crippen LogP contribution in [0.5, 0.6) is 5.75 Å². The van der Waals surface area contributed by atoms with Crippen molar-refractivity contribution >= 4 is 15.9 Å². The van der Waals surface area contributed by atoms with Crippen LogP contribution in [-0.4, -0.2) is 9.78 Å². The lowest BCUT2D eigenvalue weighted by Crippen LogP contribution is -2.06. The summed E-state index contributed by atoms with van der Waals surface area (Å²) in [4.78, 5) is 0. The molecule has 0 atom stereocenters. The van der Waals surface area contributed by atoms with E-state index < -0.39 is 5.82 Å². The van der Waals surface area contributed by atoms with Gasteiger partial charge in [0.25, 0.3) is 0 Å². The van der Waals surface area contributed by atoms with E-state index in [1.165, 1.54) is 12.1 Å². The summed E-state index contributed by atoms with van der Waals surface area (Å²) in [6.07, 6.45) is 0. The second-order valence-corrected chi connectivity index (χ2v) is 5.00. The van der Waals surface area contributed by atoms with Crippen LogP contribution in [0.25, 0.3) is 0 Å². The highest BCUT2D eigenvalue weighted by Gasteiger charge is 2.13. The highest BCUT2D eigenvalue weighted by molar-refractivity contribution is 9.10. The van der Waals surface area contributed by atoms with Crippen molar-refractivity contribution in [1.82, 2.24) is 9.78 Å². The first-order valence-electron chi connectivity index (χ1n) is 6.11. The minimum atomic E-state index is -0.579. The Morgan fingerprint density at radius 3 is 2.85 bits per heavy atom. The molecule has 0 bridgehead atoms. The molecule has 0 saturated heterocycles. The van der Waals surface area contributed by atoms with E-state index in [-0.39, 0.29) is 12.2 Å². The van der Waals surface area contributed by atoms with E-state index in [1.807, 2.05) is 18.5 Å². The average molecular weight is 338 g/mol. The fourth-order valence-corrected chi connectivity index (χ4v) is 2.23. The maximum Gasteiger partial charge on any atom is 0.144 e. The zero-order valence-electron chi connectivity index (χ0n) is 11.2. The number of halogens is 2. The number of hydrogen-bond donors (Lipinski definition) is 0. The van der Waals surface area contributed by atoms with Gasteiger partial charge in [0.15, 0.2) is 0 Å². The topological polar surface area (TPSA) is 50.8 Å². The number of nitrogens with zero attached hydrogens (tertiary/aromatic N) is 3. The van der Waals surface area contributed by atoms with Gasteiger partial charge in [-0.05, 0) is 41.9 Å². The van der Waals surface area contributed by atoms with E-state index in [9.17, 15) is 4.39 Å². The van der Waals surface area contributed by atoms with Gasteiger partial charge in [-0.25, -0.2) is 4.39 Å². The highest BCUT2D eigenvalue weighted by Crippen LogP contribution is 2.23. The highest BCUT2D eigenvalue weighted by atomic mass is 79.9. The third kappa shape index (κ3) is 2.83. The van der Waals surface area contributed by atoms with Crippen LogP contribution in [-0.2, 0) is 13.2 Å². The lowest BCUT2D eigenvalue weighted by molar-refractivity contribution is 0.290. The largest absolute Gasteiger partial charge is 0.487 e. The van der Waals surface area contributed by atoms with Crippen molar-refractivity contribution in [2.45, 2.75) is 27.0 Å². The molecule has 0 aliphatic carbocycles. The smallest absolute Gasteiger partial charge is 0.144 e. The zero-order chi connectivity index (χ0) is 14.7. The molecular formula is C14H13BrFN3O. The van der Waals surface area contributed by atoms with E-state index in [2.05, 4.69) is 21.0 Å². The van der Waals surface area contributed by atoms with E-state index in [0.29, 0.717) is 5.75 Å². The Labute approximate surface area is 124 Å². The summed E-state index contributed by atoms with van der Waals surface area (Å²) in [5, 5.41) is 13.0. The van der Waals surface area contributed by atoms with Crippen molar-refractivity contribution in [2.24, 2.45) is 0 Å². The second kappa shape index (κ2) is 6.06. The van der Waals surface area contributed by atoms with Gasteiger partial charge >= 0.3 is 0 Å². The summed E-state index contributed by atoms with van der Waals surface area (Å²) in [7, 11) is 0. The Bertz CT molecular complexity index is 676. The molecule has 1 aromatic heterocycles. The molecule has 6 heteroatoms. The van der Waals surface area contributed by atoms with Gasteiger partial charge in [-0.1, -0.05) is 0 Å². The molecule has 0 radical (unpaired) electrons. The number of ether oxygens (including phenoxy) is 1. The maximum absolute atomic E-state index is 13.5. The predicted molar refractivity (Wildman–Crippen MR) is 75.8 cm³/mol. The molecule has 0 aliphatic rings. The summed E-state index contributed by atoms with van der Waals surface area (Å²) in [5.74, 6) is -0.195. The van der Waals surface area contributed by atoms with Gasteiger partial charge in [-0.3, -0.25) is 4.68 Å². The molecule has 0 spiro atoms. The molecular weight excluding hydrogens is 325 g/mol. The number of aryl methyl sites for hydroxylation is 2. The standard InChI is InChI=1S/C14H13BrFN3O/c1-3-19-13(14(15)9(2)18-19)8-20-11-5-4-10(7-17)12(16)6-11/h4-6H,3,8H2,1-2H3. The quantitative estimate of drug-likeness (QED) is 0.856. The van der Waals surface area contributed by atoms with Crippen LogP contribution in [0.1, 0.15) is 23.9 Å².